The van der Waals surface area contributed by atoms with Gasteiger partial charge in [0.2, 0.25) is 5.91 Å². The number of carbonyl (C=O) groups is 1. The molecule has 1 N–H and O–H groups in total. The zero-order valence-corrected chi connectivity index (χ0v) is 22.8. The molecule has 7 nitrogen and oxygen atoms in total. The molecule has 0 radical (unpaired) electrons. The van der Waals surface area contributed by atoms with Crippen LogP contribution in [0.15, 0.2) is 64.5 Å². The smallest absolute Gasteiger partial charge is 0.267 e. The van der Waals surface area contributed by atoms with Crippen molar-refractivity contribution in [3.63, 3.8) is 0 Å². The number of hydrogen-bond donors (Lipinski definition) is 1. The van der Waals surface area contributed by atoms with Crippen LogP contribution < -0.4 is 15.6 Å². The van der Waals surface area contributed by atoms with Gasteiger partial charge in [-0.3, -0.25) is 14.2 Å². The van der Waals surface area contributed by atoms with E-state index in [2.05, 4.69) is 19.2 Å². The lowest BCUT2D eigenvalue weighted by molar-refractivity contribution is -0.115. The number of benzene rings is 2. The molecule has 37 heavy (non-hydrogen) atoms. The van der Waals surface area contributed by atoms with Crippen molar-refractivity contribution in [2.75, 3.05) is 12.4 Å². The lowest BCUT2D eigenvalue weighted by Gasteiger charge is -2.26. The third-order valence-corrected chi connectivity index (χ3v) is 8.63. The fourth-order valence-electron chi connectivity index (χ4n) is 4.35. The monoisotopic (exact) mass is 535 g/mol. The quantitative estimate of drug-likeness (QED) is 0.242. The molecule has 3 heterocycles. The molecule has 0 saturated carbocycles. The van der Waals surface area contributed by atoms with Gasteiger partial charge >= 0.3 is 0 Å². The van der Waals surface area contributed by atoms with Crippen molar-refractivity contribution in [2.45, 2.75) is 50.3 Å². The maximum atomic E-state index is 14.1. The predicted molar refractivity (Wildman–Crippen MR) is 149 cm³/mol. The zero-order valence-electron chi connectivity index (χ0n) is 21.2. The first-order valence-electron chi connectivity index (χ1n) is 12.2. The zero-order chi connectivity index (χ0) is 26.1. The molecule has 0 fully saturated rings. The molecule has 5 rings (SSSR count). The fraction of sp³-hybridized carbons (Fsp3) is 0.321. The number of thioether (sulfide) groups is 1. The average molecular weight is 536 g/mol. The Morgan fingerprint density at radius 2 is 1.89 bits per heavy atom. The standard InChI is InChI=1S/C28H29N3O4S2/c1-16(2)22-14-21-23(15-35-22)37-26-24(21)27(33)31(19-10-12-20(34-4)13-11-19)28(30-26)36-17(3)25(32)29-18-8-6-5-7-9-18/h5-13,16-17,22H,14-15H2,1-4H3,(H,29,32)/t17-,22+/m0/s1. The van der Waals surface area contributed by atoms with Crippen molar-refractivity contribution in [3.8, 4) is 11.4 Å². The van der Waals surface area contributed by atoms with Crippen LogP contribution in [0.2, 0.25) is 0 Å². The number of fused-ring (bicyclic) bond motifs is 3. The molecule has 1 aliphatic rings. The number of nitrogens with one attached hydrogen (secondary N) is 1. The first-order chi connectivity index (χ1) is 17.9. The van der Waals surface area contributed by atoms with Gasteiger partial charge in [-0.05, 0) is 54.8 Å². The summed E-state index contributed by atoms with van der Waals surface area (Å²) in [4.78, 5) is 33.8. The number of hydrogen-bond acceptors (Lipinski definition) is 7. The molecule has 0 unspecified atom stereocenters. The number of amides is 1. The Kier molecular flexibility index (Phi) is 7.37. The summed E-state index contributed by atoms with van der Waals surface area (Å²) in [6, 6.07) is 16.6. The SMILES string of the molecule is COc1ccc(-n2c(S[C@@H](C)C(=O)Nc3ccccc3)nc3sc4c(c3c2=O)C[C@H](C(C)C)OC4)cc1. The van der Waals surface area contributed by atoms with Gasteiger partial charge in [0.15, 0.2) is 5.16 Å². The minimum atomic E-state index is -0.489. The minimum Gasteiger partial charge on any atom is -0.497 e. The Balaban J connectivity index is 1.58. The number of rotatable bonds is 7. The summed E-state index contributed by atoms with van der Waals surface area (Å²) in [7, 11) is 1.61. The summed E-state index contributed by atoms with van der Waals surface area (Å²) >= 11 is 2.77. The Morgan fingerprint density at radius 1 is 1.16 bits per heavy atom. The molecule has 2 atom stereocenters. The Labute approximate surface area is 223 Å². The number of anilines is 1. The van der Waals surface area contributed by atoms with Crippen LogP contribution in [-0.4, -0.2) is 33.9 Å². The third kappa shape index (κ3) is 5.16. The third-order valence-electron chi connectivity index (χ3n) is 6.48. The van der Waals surface area contributed by atoms with E-state index in [4.69, 9.17) is 14.5 Å². The fourth-order valence-corrected chi connectivity index (χ4v) is 6.44. The highest BCUT2D eigenvalue weighted by Crippen LogP contribution is 2.37. The largest absolute Gasteiger partial charge is 0.497 e. The molecular weight excluding hydrogens is 506 g/mol. The summed E-state index contributed by atoms with van der Waals surface area (Å²) in [6.45, 7) is 6.57. The number of aromatic nitrogens is 2. The number of nitrogens with zero attached hydrogens (tertiary/aromatic N) is 2. The van der Waals surface area contributed by atoms with E-state index in [1.54, 1.807) is 11.7 Å². The van der Waals surface area contributed by atoms with Crippen molar-refractivity contribution in [1.29, 1.82) is 0 Å². The van der Waals surface area contributed by atoms with Crippen molar-refractivity contribution in [2.24, 2.45) is 5.92 Å². The van der Waals surface area contributed by atoms with Gasteiger partial charge in [0.05, 0.1) is 36.1 Å². The molecule has 1 aliphatic heterocycles. The molecule has 9 heteroatoms. The molecule has 2 aromatic heterocycles. The van der Waals surface area contributed by atoms with Crippen molar-refractivity contribution < 1.29 is 14.3 Å². The van der Waals surface area contributed by atoms with E-state index in [1.165, 1.54) is 23.1 Å². The van der Waals surface area contributed by atoms with Gasteiger partial charge in [-0.25, -0.2) is 4.98 Å². The second-order valence-electron chi connectivity index (χ2n) is 9.33. The lowest BCUT2D eigenvalue weighted by Crippen LogP contribution is -2.29. The van der Waals surface area contributed by atoms with E-state index in [0.29, 0.717) is 45.8 Å². The molecule has 192 valence electrons. The highest BCUT2D eigenvalue weighted by Gasteiger charge is 2.29. The van der Waals surface area contributed by atoms with Crippen LogP contribution in [-0.2, 0) is 22.6 Å². The van der Waals surface area contributed by atoms with Crippen LogP contribution in [0, 0.1) is 5.92 Å². The van der Waals surface area contributed by atoms with Crippen molar-refractivity contribution >= 4 is 44.9 Å². The number of thiophene rings is 1. The Morgan fingerprint density at radius 3 is 2.57 bits per heavy atom. The van der Waals surface area contributed by atoms with Gasteiger partial charge in [-0.1, -0.05) is 43.8 Å². The Hall–Kier alpha value is -3.14. The van der Waals surface area contributed by atoms with Crippen LogP contribution in [0.25, 0.3) is 15.9 Å². The van der Waals surface area contributed by atoms with Gasteiger partial charge in [-0.2, -0.15) is 0 Å². The summed E-state index contributed by atoms with van der Waals surface area (Å²) in [5.41, 5.74) is 2.30. The molecule has 2 aromatic carbocycles. The number of carbonyl (C=O) groups excluding carboxylic acids is 1. The first kappa shape index (κ1) is 25.5. The normalized spacial score (nSPS) is 16.0. The van der Waals surface area contributed by atoms with Crippen LogP contribution in [0.3, 0.4) is 0 Å². The van der Waals surface area contributed by atoms with E-state index < -0.39 is 5.25 Å². The van der Waals surface area contributed by atoms with Gasteiger partial charge in [0, 0.05) is 17.0 Å². The highest BCUT2D eigenvalue weighted by atomic mass is 32.2. The number of ether oxygens (including phenoxy) is 2. The van der Waals surface area contributed by atoms with Crippen LogP contribution in [0.5, 0.6) is 5.75 Å². The van der Waals surface area contributed by atoms with Crippen molar-refractivity contribution in [3.05, 3.63) is 75.4 Å². The van der Waals surface area contributed by atoms with E-state index in [0.717, 1.165) is 16.1 Å². The number of methoxy groups -OCH3 is 1. The predicted octanol–water partition coefficient (Wildman–Crippen LogP) is 5.67. The average Bonchev–Trinajstić information content (AvgIpc) is 3.27. The molecular formula is C28H29N3O4S2. The maximum Gasteiger partial charge on any atom is 0.267 e. The lowest BCUT2D eigenvalue weighted by atomic mass is 9.96. The van der Waals surface area contributed by atoms with Crippen LogP contribution in [0.1, 0.15) is 31.2 Å². The van der Waals surface area contributed by atoms with E-state index in [-0.39, 0.29) is 17.6 Å². The van der Waals surface area contributed by atoms with Crippen LogP contribution in [0.4, 0.5) is 5.69 Å². The second kappa shape index (κ2) is 10.7. The molecule has 0 bridgehead atoms. The maximum absolute atomic E-state index is 14.1. The molecule has 0 saturated heterocycles. The summed E-state index contributed by atoms with van der Waals surface area (Å²) in [5, 5.41) is 3.57. The highest BCUT2D eigenvalue weighted by molar-refractivity contribution is 8.00. The Bertz CT molecular complexity index is 1480. The number of para-hydroxylation sites is 1. The van der Waals surface area contributed by atoms with Crippen LogP contribution >= 0.6 is 23.1 Å². The first-order valence-corrected chi connectivity index (χ1v) is 13.9. The molecule has 0 spiro atoms. The van der Waals surface area contributed by atoms with Crippen molar-refractivity contribution in [1.82, 2.24) is 9.55 Å². The molecule has 1 amide bonds. The van der Waals surface area contributed by atoms with Gasteiger partial charge < -0.3 is 14.8 Å². The summed E-state index contributed by atoms with van der Waals surface area (Å²) in [6.07, 6.45) is 0.754. The van der Waals surface area contributed by atoms with E-state index in [1.807, 2.05) is 61.5 Å². The van der Waals surface area contributed by atoms with Gasteiger partial charge in [-0.15, -0.1) is 11.3 Å². The molecule has 4 aromatic rings. The van der Waals surface area contributed by atoms with Gasteiger partial charge in [0.1, 0.15) is 10.6 Å². The minimum absolute atomic E-state index is 0.0647. The van der Waals surface area contributed by atoms with E-state index >= 15 is 0 Å². The second-order valence-corrected chi connectivity index (χ2v) is 11.7. The summed E-state index contributed by atoms with van der Waals surface area (Å²) < 4.78 is 13.0. The van der Waals surface area contributed by atoms with Gasteiger partial charge in [0.25, 0.3) is 5.56 Å². The topological polar surface area (TPSA) is 82.5 Å². The summed E-state index contributed by atoms with van der Waals surface area (Å²) in [5.74, 6) is 0.879. The molecule has 0 aliphatic carbocycles. The van der Waals surface area contributed by atoms with E-state index in [9.17, 15) is 9.59 Å².